The molecular weight excluding hydrogens is 541 g/mol. The molecule has 0 amide bonds. The number of nitrogens with zero attached hydrogens (tertiary/aromatic N) is 2. The van der Waals surface area contributed by atoms with E-state index in [0.717, 1.165) is 42.9 Å². The number of hydrogen-bond acceptors (Lipinski definition) is 8. The molecule has 2 heterocycles. The van der Waals surface area contributed by atoms with Crippen molar-refractivity contribution in [3.05, 3.63) is 63.5 Å². The van der Waals surface area contributed by atoms with Crippen LogP contribution < -0.4 is 10.1 Å². The highest BCUT2D eigenvalue weighted by molar-refractivity contribution is 6.42. The van der Waals surface area contributed by atoms with Crippen molar-refractivity contribution in [1.82, 2.24) is 15.3 Å². The van der Waals surface area contributed by atoms with Crippen molar-refractivity contribution in [1.29, 1.82) is 0 Å². The second-order valence-electron chi connectivity index (χ2n) is 9.74. The zero-order valence-corrected chi connectivity index (χ0v) is 22.9. The molecule has 1 N–H and O–H groups in total. The van der Waals surface area contributed by atoms with Gasteiger partial charge >= 0.3 is 11.9 Å². The largest absolute Gasteiger partial charge is 0.468 e. The zero-order valence-electron chi connectivity index (χ0n) is 21.3. The third-order valence-corrected chi connectivity index (χ3v) is 8.16. The number of esters is 2. The maximum Gasteiger partial charge on any atom is 0.340 e. The van der Waals surface area contributed by atoms with Gasteiger partial charge in [0.15, 0.2) is 0 Å². The quantitative estimate of drug-likeness (QED) is 0.177. The van der Waals surface area contributed by atoms with E-state index >= 15 is 0 Å². The SMILES string of the molecule is COC(=O)C1=C(NC2CCCCC2)Oc2c(c3nc4cc(Cl)c(Cl)cc4nc3c3ccccc23)C1C(=O)OC. The van der Waals surface area contributed by atoms with Crippen LogP contribution in [0.4, 0.5) is 0 Å². The van der Waals surface area contributed by atoms with Gasteiger partial charge in [0.25, 0.3) is 0 Å². The van der Waals surface area contributed by atoms with E-state index in [9.17, 15) is 9.59 Å². The van der Waals surface area contributed by atoms with Gasteiger partial charge in [-0.1, -0.05) is 66.7 Å². The van der Waals surface area contributed by atoms with Crippen LogP contribution in [0.5, 0.6) is 5.75 Å². The molecule has 2 aliphatic rings. The predicted octanol–water partition coefficient (Wildman–Crippen LogP) is 6.20. The Morgan fingerprint density at radius 1 is 0.923 bits per heavy atom. The molecule has 39 heavy (non-hydrogen) atoms. The van der Waals surface area contributed by atoms with Gasteiger partial charge in [-0.05, 0) is 25.0 Å². The Morgan fingerprint density at radius 2 is 1.56 bits per heavy atom. The molecule has 0 saturated heterocycles. The zero-order chi connectivity index (χ0) is 27.3. The first-order valence-electron chi connectivity index (χ1n) is 12.8. The lowest BCUT2D eigenvalue weighted by molar-refractivity contribution is -0.145. The minimum atomic E-state index is -1.17. The number of halogens is 2. The van der Waals surface area contributed by atoms with Crippen molar-refractivity contribution in [3.8, 4) is 5.75 Å². The molecule has 1 aromatic heterocycles. The van der Waals surface area contributed by atoms with E-state index in [4.69, 9.17) is 47.4 Å². The van der Waals surface area contributed by atoms with Crippen LogP contribution in [0.25, 0.3) is 32.8 Å². The second kappa shape index (κ2) is 10.2. The average Bonchev–Trinajstić information content (AvgIpc) is 2.96. The summed E-state index contributed by atoms with van der Waals surface area (Å²) in [5, 5.41) is 5.57. The van der Waals surface area contributed by atoms with E-state index in [1.807, 2.05) is 24.3 Å². The Balaban J connectivity index is 1.69. The van der Waals surface area contributed by atoms with Crippen LogP contribution >= 0.6 is 23.2 Å². The molecule has 6 rings (SSSR count). The highest BCUT2D eigenvalue weighted by atomic mass is 35.5. The molecule has 10 heteroatoms. The summed E-state index contributed by atoms with van der Waals surface area (Å²) in [4.78, 5) is 36.5. The summed E-state index contributed by atoms with van der Waals surface area (Å²) in [5.41, 5.74) is 2.36. The van der Waals surface area contributed by atoms with Gasteiger partial charge in [0.1, 0.15) is 17.2 Å². The average molecular weight is 566 g/mol. The van der Waals surface area contributed by atoms with Crippen molar-refractivity contribution in [3.63, 3.8) is 0 Å². The number of methoxy groups -OCH3 is 2. The van der Waals surface area contributed by atoms with Crippen molar-refractivity contribution < 1.29 is 23.8 Å². The van der Waals surface area contributed by atoms with Gasteiger partial charge in [-0.2, -0.15) is 0 Å². The van der Waals surface area contributed by atoms with Gasteiger partial charge in [-0.25, -0.2) is 14.8 Å². The maximum atomic E-state index is 13.5. The molecule has 0 radical (unpaired) electrons. The number of carbonyl (C=O) groups excluding carboxylic acids is 2. The van der Waals surface area contributed by atoms with Crippen molar-refractivity contribution in [2.45, 2.75) is 44.1 Å². The number of nitrogens with one attached hydrogen (secondary N) is 1. The fraction of sp³-hybridized carbons (Fsp3) is 0.310. The lowest BCUT2D eigenvalue weighted by Gasteiger charge is -2.32. The molecule has 1 unspecified atom stereocenters. The summed E-state index contributed by atoms with van der Waals surface area (Å²) in [6.07, 6.45) is 5.15. The van der Waals surface area contributed by atoms with E-state index in [2.05, 4.69) is 5.32 Å². The van der Waals surface area contributed by atoms with Gasteiger partial charge in [-0.3, -0.25) is 4.79 Å². The van der Waals surface area contributed by atoms with Crippen molar-refractivity contribution in [2.75, 3.05) is 14.2 Å². The fourth-order valence-electron chi connectivity index (χ4n) is 5.59. The van der Waals surface area contributed by atoms with Gasteiger partial charge in [-0.15, -0.1) is 0 Å². The molecule has 1 fully saturated rings. The summed E-state index contributed by atoms with van der Waals surface area (Å²) in [6.45, 7) is 0. The van der Waals surface area contributed by atoms with Crippen LogP contribution in [-0.2, 0) is 19.1 Å². The van der Waals surface area contributed by atoms with Crippen molar-refractivity contribution in [2.24, 2.45) is 0 Å². The lowest BCUT2D eigenvalue weighted by Crippen LogP contribution is -2.38. The van der Waals surface area contributed by atoms with E-state index in [0.29, 0.717) is 43.4 Å². The molecule has 1 saturated carbocycles. The third-order valence-electron chi connectivity index (χ3n) is 7.44. The number of rotatable bonds is 4. The Kier molecular flexibility index (Phi) is 6.69. The summed E-state index contributed by atoms with van der Waals surface area (Å²) in [7, 11) is 2.56. The van der Waals surface area contributed by atoms with Gasteiger partial charge < -0.3 is 19.5 Å². The van der Waals surface area contributed by atoms with Crippen LogP contribution in [0.3, 0.4) is 0 Å². The molecule has 200 valence electrons. The molecule has 1 aliphatic carbocycles. The van der Waals surface area contributed by atoms with Gasteiger partial charge in [0.2, 0.25) is 5.88 Å². The highest BCUT2D eigenvalue weighted by Crippen LogP contribution is 2.48. The summed E-state index contributed by atoms with van der Waals surface area (Å²) < 4.78 is 16.9. The summed E-state index contributed by atoms with van der Waals surface area (Å²) >= 11 is 12.6. The minimum Gasteiger partial charge on any atom is -0.468 e. The Morgan fingerprint density at radius 3 is 2.21 bits per heavy atom. The van der Waals surface area contributed by atoms with Crippen molar-refractivity contribution >= 4 is 68.0 Å². The molecule has 8 nitrogen and oxygen atoms in total. The lowest BCUT2D eigenvalue weighted by atomic mass is 9.85. The first kappa shape index (κ1) is 25.6. The van der Waals surface area contributed by atoms with Crippen LogP contribution in [0, 0.1) is 0 Å². The predicted molar refractivity (Wildman–Crippen MR) is 149 cm³/mol. The minimum absolute atomic E-state index is 0.0371. The number of aromatic nitrogens is 2. The normalized spacial score (nSPS) is 17.7. The summed E-state index contributed by atoms with van der Waals surface area (Å²) in [5.74, 6) is -1.90. The van der Waals surface area contributed by atoms with E-state index in [-0.39, 0.29) is 17.5 Å². The standard InChI is InChI=1S/C29H25Cl2N3O5/c1-37-28(35)21-22-25-24(33-19-12-17(30)18(31)13-20(19)34-25)15-10-6-7-11-16(15)26(22)39-27(23(21)29(36)38-2)32-14-8-4-3-5-9-14/h6-7,10-14,21,32H,3-5,8-9H2,1-2H3. The van der Waals surface area contributed by atoms with Gasteiger partial charge in [0, 0.05) is 22.4 Å². The molecular formula is C29H25Cl2N3O5. The third kappa shape index (κ3) is 4.32. The number of ether oxygens (including phenoxy) is 3. The number of hydrogen-bond donors (Lipinski definition) is 1. The van der Waals surface area contributed by atoms with E-state index in [1.165, 1.54) is 14.2 Å². The Labute approximate surface area is 234 Å². The topological polar surface area (TPSA) is 99.6 Å². The Hall–Kier alpha value is -3.62. The fourth-order valence-corrected chi connectivity index (χ4v) is 5.91. The Bertz CT molecular complexity index is 1700. The van der Waals surface area contributed by atoms with Crippen LogP contribution in [0.1, 0.15) is 43.6 Å². The van der Waals surface area contributed by atoms with Crippen LogP contribution in [-0.4, -0.2) is 42.2 Å². The smallest absolute Gasteiger partial charge is 0.340 e. The van der Waals surface area contributed by atoms with E-state index in [1.54, 1.807) is 12.1 Å². The molecule has 4 aromatic rings. The molecule has 3 aromatic carbocycles. The van der Waals surface area contributed by atoms with Crippen LogP contribution in [0.15, 0.2) is 47.9 Å². The highest BCUT2D eigenvalue weighted by Gasteiger charge is 2.43. The monoisotopic (exact) mass is 565 g/mol. The molecule has 1 aliphatic heterocycles. The number of benzene rings is 3. The first-order chi connectivity index (χ1) is 18.9. The molecule has 1 atom stereocenters. The second-order valence-corrected chi connectivity index (χ2v) is 10.6. The molecule has 0 spiro atoms. The van der Waals surface area contributed by atoms with Gasteiger partial charge in [0.05, 0.1) is 46.3 Å². The first-order valence-corrected chi connectivity index (χ1v) is 13.5. The molecule has 0 bridgehead atoms. The summed E-state index contributed by atoms with van der Waals surface area (Å²) in [6, 6.07) is 11.0. The number of fused-ring (bicyclic) bond motifs is 7. The number of carbonyl (C=O) groups is 2. The maximum absolute atomic E-state index is 13.5. The van der Waals surface area contributed by atoms with E-state index < -0.39 is 17.9 Å². The van der Waals surface area contributed by atoms with Crippen LogP contribution in [0.2, 0.25) is 10.0 Å².